The molecule has 3 heteroatoms. The molecule has 4 bridgehead atoms. The Hall–Kier alpha value is 0.540. The summed E-state index contributed by atoms with van der Waals surface area (Å²) < 4.78 is 0. The molecule has 0 spiro atoms. The lowest BCUT2D eigenvalue weighted by atomic mass is 9.43. The first kappa shape index (κ1) is 13.6. The van der Waals surface area contributed by atoms with Gasteiger partial charge in [0.25, 0.3) is 0 Å². The molecule has 4 rings (SSSR count). The highest BCUT2D eigenvalue weighted by Gasteiger charge is 2.58. The SMILES string of the molecule is CC12CC3CC(C)(C1)CC(N)(C3)C2.Cl.Cl. The van der Waals surface area contributed by atoms with Crippen LogP contribution in [0.25, 0.3) is 0 Å². The number of rotatable bonds is 0. The maximum absolute atomic E-state index is 6.49. The van der Waals surface area contributed by atoms with Gasteiger partial charge in [-0.3, -0.25) is 0 Å². The van der Waals surface area contributed by atoms with Gasteiger partial charge in [-0.05, 0) is 55.3 Å². The molecular weight excluding hydrogens is 229 g/mol. The molecule has 0 amide bonds. The maximum Gasteiger partial charge on any atom is 0.0167 e. The highest BCUT2D eigenvalue weighted by Crippen LogP contribution is 2.65. The second-order valence-electron chi connectivity index (χ2n) is 6.99. The van der Waals surface area contributed by atoms with E-state index in [4.69, 9.17) is 5.73 Å². The zero-order valence-corrected chi connectivity index (χ0v) is 11.3. The molecule has 4 aliphatic rings. The molecule has 0 heterocycles. The highest BCUT2D eigenvalue weighted by molar-refractivity contribution is 5.85. The minimum absolute atomic E-state index is 0. The lowest BCUT2D eigenvalue weighted by Crippen LogP contribution is -2.62. The summed E-state index contributed by atoms with van der Waals surface area (Å²) >= 11 is 0. The van der Waals surface area contributed by atoms with Crippen LogP contribution in [-0.4, -0.2) is 5.54 Å². The molecular formula is C12H23Cl2N. The molecule has 2 unspecified atom stereocenters. The fourth-order valence-corrected chi connectivity index (χ4v) is 5.54. The van der Waals surface area contributed by atoms with Crippen LogP contribution in [0.15, 0.2) is 0 Å². The van der Waals surface area contributed by atoms with E-state index in [2.05, 4.69) is 13.8 Å². The van der Waals surface area contributed by atoms with Crippen LogP contribution in [0.5, 0.6) is 0 Å². The highest BCUT2D eigenvalue weighted by atomic mass is 35.5. The number of hydrogen-bond donors (Lipinski definition) is 1. The third-order valence-electron chi connectivity index (χ3n) is 4.67. The number of halogens is 2. The Balaban J connectivity index is 0.000000562. The molecule has 0 aromatic carbocycles. The van der Waals surface area contributed by atoms with Crippen molar-refractivity contribution < 1.29 is 0 Å². The van der Waals surface area contributed by atoms with E-state index in [0.717, 1.165) is 5.92 Å². The molecule has 4 aliphatic carbocycles. The molecule has 0 aromatic heterocycles. The van der Waals surface area contributed by atoms with Crippen LogP contribution in [0.1, 0.15) is 52.4 Å². The molecule has 0 aromatic rings. The lowest BCUT2D eigenvalue weighted by Gasteiger charge is -2.64. The van der Waals surface area contributed by atoms with Crippen molar-refractivity contribution in [3.8, 4) is 0 Å². The van der Waals surface area contributed by atoms with E-state index in [1.165, 1.54) is 38.5 Å². The molecule has 2 atom stereocenters. The van der Waals surface area contributed by atoms with Crippen molar-refractivity contribution in [2.24, 2.45) is 22.5 Å². The molecule has 0 radical (unpaired) electrons. The average Bonchev–Trinajstić information content (AvgIpc) is 1.71. The summed E-state index contributed by atoms with van der Waals surface area (Å²) in [5, 5.41) is 0. The van der Waals surface area contributed by atoms with Gasteiger partial charge in [-0.15, -0.1) is 24.8 Å². The van der Waals surface area contributed by atoms with Gasteiger partial charge in [-0.25, -0.2) is 0 Å². The average molecular weight is 252 g/mol. The first-order chi connectivity index (χ1) is 5.91. The Labute approximate surface area is 105 Å². The van der Waals surface area contributed by atoms with E-state index in [1.54, 1.807) is 0 Å². The Morgan fingerprint density at radius 3 is 1.67 bits per heavy atom. The molecule has 90 valence electrons. The van der Waals surface area contributed by atoms with Crippen molar-refractivity contribution in [2.75, 3.05) is 0 Å². The van der Waals surface area contributed by atoms with Crippen molar-refractivity contribution in [1.82, 2.24) is 0 Å². The summed E-state index contributed by atoms with van der Waals surface area (Å²) in [5.41, 5.74) is 7.92. The van der Waals surface area contributed by atoms with E-state index < -0.39 is 0 Å². The minimum Gasteiger partial charge on any atom is -0.325 e. The molecule has 2 N–H and O–H groups in total. The normalized spacial score (nSPS) is 55.8. The molecule has 4 fully saturated rings. The Morgan fingerprint density at radius 1 is 0.867 bits per heavy atom. The van der Waals surface area contributed by atoms with Crippen LogP contribution in [-0.2, 0) is 0 Å². The predicted molar refractivity (Wildman–Crippen MR) is 68.8 cm³/mol. The van der Waals surface area contributed by atoms with Gasteiger partial charge in [0.2, 0.25) is 0 Å². The summed E-state index contributed by atoms with van der Waals surface area (Å²) in [5.74, 6) is 0.955. The summed E-state index contributed by atoms with van der Waals surface area (Å²) in [6, 6.07) is 0. The van der Waals surface area contributed by atoms with Crippen molar-refractivity contribution >= 4 is 24.8 Å². The molecule has 1 nitrogen and oxygen atoms in total. The lowest BCUT2D eigenvalue weighted by molar-refractivity contribution is -0.104. The zero-order valence-electron chi connectivity index (χ0n) is 9.71. The third-order valence-corrected chi connectivity index (χ3v) is 4.67. The van der Waals surface area contributed by atoms with E-state index in [9.17, 15) is 0 Å². The zero-order chi connectivity index (χ0) is 9.32. The van der Waals surface area contributed by atoms with Crippen LogP contribution >= 0.6 is 24.8 Å². The first-order valence-corrected chi connectivity index (χ1v) is 5.70. The fourth-order valence-electron chi connectivity index (χ4n) is 5.54. The molecule has 4 saturated carbocycles. The van der Waals surface area contributed by atoms with Crippen molar-refractivity contribution in [3.63, 3.8) is 0 Å². The largest absolute Gasteiger partial charge is 0.325 e. The topological polar surface area (TPSA) is 26.0 Å². The van der Waals surface area contributed by atoms with Crippen molar-refractivity contribution in [3.05, 3.63) is 0 Å². The fraction of sp³-hybridized carbons (Fsp3) is 1.00. The minimum atomic E-state index is 0. The third kappa shape index (κ3) is 2.03. The Bertz CT molecular complexity index is 216. The maximum atomic E-state index is 6.49. The molecule has 15 heavy (non-hydrogen) atoms. The summed E-state index contributed by atoms with van der Waals surface area (Å²) in [6.07, 6.45) is 8.27. The quantitative estimate of drug-likeness (QED) is 0.701. The summed E-state index contributed by atoms with van der Waals surface area (Å²) in [6.45, 7) is 4.94. The second-order valence-corrected chi connectivity index (χ2v) is 6.99. The van der Waals surface area contributed by atoms with E-state index in [1.807, 2.05) is 0 Å². The van der Waals surface area contributed by atoms with Gasteiger partial charge in [-0.2, -0.15) is 0 Å². The van der Waals surface area contributed by atoms with Crippen LogP contribution in [0.3, 0.4) is 0 Å². The van der Waals surface area contributed by atoms with Crippen molar-refractivity contribution in [2.45, 2.75) is 57.9 Å². The van der Waals surface area contributed by atoms with Gasteiger partial charge in [0.1, 0.15) is 0 Å². The monoisotopic (exact) mass is 251 g/mol. The van der Waals surface area contributed by atoms with Crippen LogP contribution in [0, 0.1) is 16.7 Å². The van der Waals surface area contributed by atoms with Crippen LogP contribution in [0.2, 0.25) is 0 Å². The molecule has 0 saturated heterocycles. The number of hydrogen-bond acceptors (Lipinski definition) is 1. The van der Waals surface area contributed by atoms with Gasteiger partial charge >= 0.3 is 0 Å². The van der Waals surface area contributed by atoms with Gasteiger partial charge < -0.3 is 5.73 Å². The summed E-state index contributed by atoms with van der Waals surface area (Å²) in [7, 11) is 0. The van der Waals surface area contributed by atoms with Gasteiger partial charge in [0, 0.05) is 5.54 Å². The Morgan fingerprint density at radius 2 is 1.33 bits per heavy atom. The second kappa shape index (κ2) is 3.51. The predicted octanol–water partition coefficient (Wildman–Crippen LogP) is 3.54. The van der Waals surface area contributed by atoms with E-state index in [-0.39, 0.29) is 30.4 Å². The molecule has 0 aliphatic heterocycles. The number of nitrogens with two attached hydrogens (primary N) is 1. The standard InChI is InChI=1S/C12H21N.2ClH/c1-10-3-9-4-11(2,6-10)8-12(13,5-9)7-10;;/h9H,3-8,13H2,1-2H3;2*1H. The Kier molecular flexibility index (Phi) is 3.19. The smallest absolute Gasteiger partial charge is 0.0167 e. The van der Waals surface area contributed by atoms with Crippen molar-refractivity contribution in [1.29, 1.82) is 0 Å². The van der Waals surface area contributed by atoms with Crippen LogP contribution < -0.4 is 5.73 Å². The first-order valence-electron chi connectivity index (χ1n) is 5.70. The van der Waals surface area contributed by atoms with Crippen LogP contribution in [0.4, 0.5) is 0 Å². The van der Waals surface area contributed by atoms with Gasteiger partial charge in [0.15, 0.2) is 0 Å². The van der Waals surface area contributed by atoms with E-state index >= 15 is 0 Å². The van der Waals surface area contributed by atoms with Gasteiger partial charge in [-0.1, -0.05) is 13.8 Å². The summed E-state index contributed by atoms with van der Waals surface area (Å²) in [4.78, 5) is 0. The van der Waals surface area contributed by atoms with Gasteiger partial charge in [0.05, 0.1) is 0 Å². The van der Waals surface area contributed by atoms with E-state index in [0.29, 0.717) is 10.8 Å².